The van der Waals surface area contributed by atoms with E-state index in [4.69, 9.17) is 5.84 Å². The average molecular weight is 234 g/mol. The minimum absolute atomic E-state index is 0.121. The van der Waals surface area contributed by atoms with Crippen LogP contribution in [-0.2, 0) is 9.59 Å². The molecule has 0 radical (unpaired) electrons. The molecule has 6 atom stereocenters. The van der Waals surface area contributed by atoms with Gasteiger partial charge in [0.25, 0.3) is 0 Å². The molecule has 0 aromatic carbocycles. The van der Waals surface area contributed by atoms with Crippen LogP contribution in [0, 0.1) is 35.5 Å². The second kappa shape index (κ2) is 3.42. The highest BCUT2D eigenvalue weighted by Gasteiger charge is 2.56. The van der Waals surface area contributed by atoms with Crippen LogP contribution < -0.4 is 5.84 Å². The van der Waals surface area contributed by atoms with Crippen LogP contribution in [0.1, 0.15) is 20.3 Å². The Bertz CT molecular complexity index is 418. The SMILES string of the molecule is CC1C=CC([C@@H]2C[C@@H]2C)[C@H]2C(=O)N(N)C(=O)[C@@H]12. The monoisotopic (exact) mass is 234 g/mol. The van der Waals surface area contributed by atoms with Gasteiger partial charge in [0, 0.05) is 0 Å². The first-order chi connectivity index (χ1) is 8.02. The van der Waals surface area contributed by atoms with Gasteiger partial charge in [0.2, 0.25) is 11.8 Å². The van der Waals surface area contributed by atoms with Gasteiger partial charge in [-0.1, -0.05) is 26.0 Å². The summed E-state index contributed by atoms with van der Waals surface area (Å²) in [4.78, 5) is 24.1. The number of carbonyl (C=O) groups excluding carboxylic acids is 2. The lowest BCUT2D eigenvalue weighted by Crippen LogP contribution is -2.38. The van der Waals surface area contributed by atoms with Crippen LogP contribution in [0.25, 0.3) is 0 Å². The molecule has 2 amide bonds. The van der Waals surface area contributed by atoms with Crippen molar-refractivity contribution in [2.45, 2.75) is 20.3 Å². The summed E-state index contributed by atoms with van der Waals surface area (Å²) in [7, 11) is 0. The summed E-state index contributed by atoms with van der Waals surface area (Å²) < 4.78 is 0. The lowest BCUT2D eigenvalue weighted by atomic mass is 9.70. The highest BCUT2D eigenvalue weighted by Crippen LogP contribution is 2.53. The number of hydrogen-bond acceptors (Lipinski definition) is 3. The number of amides is 2. The van der Waals surface area contributed by atoms with Gasteiger partial charge in [-0.25, -0.2) is 10.9 Å². The third kappa shape index (κ3) is 1.40. The van der Waals surface area contributed by atoms with Gasteiger partial charge in [-0.3, -0.25) is 9.59 Å². The lowest BCUT2D eigenvalue weighted by Gasteiger charge is -2.30. The molecule has 0 aromatic rings. The van der Waals surface area contributed by atoms with Crippen molar-refractivity contribution in [2.24, 2.45) is 41.4 Å². The van der Waals surface area contributed by atoms with Crippen molar-refractivity contribution >= 4 is 11.8 Å². The standard InChI is InChI=1S/C13H18N2O2/c1-6-3-4-8(9-5-7(9)2)11-10(6)12(16)15(14)13(11)17/h3-4,6-11H,5,14H2,1-2H3/t6?,7-,8?,9+,10-,11+/m0/s1. The van der Waals surface area contributed by atoms with Crippen molar-refractivity contribution in [1.82, 2.24) is 5.01 Å². The summed E-state index contributed by atoms with van der Waals surface area (Å²) >= 11 is 0. The molecule has 0 aromatic heterocycles. The van der Waals surface area contributed by atoms with Gasteiger partial charge >= 0.3 is 0 Å². The first-order valence-electron chi connectivity index (χ1n) is 6.33. The maximum absolute atomic E-state index is 12.1. The Balaban J connectivity index is 1.96. The van der Waals surface area contributed by atoms with E-state index in [0.29, 0.717) is 11.8 Å². The minimum Gasteiger partial charge on any atom is -0.273 e. The van der Waals surface area contributed by atoms with E-state index in [1.807, 2.05) is 6.92 Å². The summed E-state index contributed by atoms with van der Waals surface area (Å²) in [6.45, 7) is 4.19. The molecule has 2 aliphatic carbocycles. The molecule has 2 fully saturated rings. The van der Waals surface area contributed by atoms with Gasteiger partial charge in [0.1, 0.15) is 0 Å². The van der Waals surface area contributed by atoms with E-state index in [1.165, 1.54) is 6.42 Å². The molecule has 4 heteroatoms. The van der Waals surface area contributed by atoms with E-state index in [-0.39, 0.29) is 35.5 Å². The van der Waals surface area contributed by atoms with E-state index < -0.39 is 0 Å². The average Bonchev–Trinajstić information content (AvgIpc) is 2.97. The van der Waals surface area contributed by atoms with Crippen LogP contribution >= 0.6 is 0 Å². The number of fused-ring (bicyclic) bond motifs is 1. The number of rotatable bonds is 1. The Kier molecular flexibility index (Phi) is 2.20. The van der Waals surface area contributed by atoms with E-state index in [9.17, 15) is 9.59 Å². The smallest absolute Gasteiger partial charge is 0.248 e. The molecule has 92 valence electrons. The number of imide groups is 1. The molecule has 2 N–H and O–H groups in total. The zero-order valence-corrected chi connectivity index (χ0v) is 10.2. The quantitative estimate of drug-likeness (QED) is 0.318. The Labute approximate surface area is 101 Å². The second-order valence-electron chi connectivity index (χ2n) is 5.80. The van der Waals surface area contributed by atoms with E-state index in [0.717, 1.165) is 5.01 Å². The number of allylic oxidation sites excluding steroid dienone is 2. The maximum atomic E-state index is 12.1. The summed E-state index contributed by atoms with van der Waals surface area (Å²) in [5, 5.41) is 0.846. The largest absolute Gasteiger partial charge is 0.273 e. The molecule has 1 saturated carbocycles. The highest BCUT2D eigenvalue weighted by molar-refractivity contribution is 6.05. The van der Waals surface area contributed by atoms with E-state index >= 15 is 0 Å². The molecular weight excluding hydrogens is 216 g/mol. The number of nitrogens with zero attached hydrogens (tertiary/aromatic N) is 1. The van der Waals surface area contributed by atoms with Crippen LogP contribution in [0.3, 0.4) is 0 Å². The van der Waals surface area contributed by atoms with Crippen molar-refractivity contribution in [2.75, 3.05) is 0 Å². The summed E-state index contributed by atoms with van der Waals surface area (Å²) in [5.41, 5.74) is 0. The normalized spacial score (nSPS) is 48.5. The predicted molar refractivity (Wildman–Crippen MR) is 62.1 cm³/mol. The molecular formula is C13H18N2O2. The number of hydrogen-bond donors (Lipinski definition) is 1. The zero-order valence-electron chi connectivity index (χ0n) is 10.2. The molecule has 1 aliphatic heterocycles. The van der Waals surface area contributed by atoms with Crippen LogP contribution in [0.5, 0.6) is 0 Å². The van der Waals surface area contributed by atoms with Gasteiger partial charge in [-0.2, -0.15) is 0 Å². The Hall–Kier alpha value is -1.16. The molecule has 0 spiro atoms. The first-order valence-corrected chi connectivity index (χ1v) is 6.33. The fourth-order valence-corrected chi connectivity index (χ4v) is 3.53. The number of hydrazine groups is 1. The summed E-state index contributed by atoms with van der Waals surface area (Å²) in [6.07, 6.45) is 5.39. The third-order valence-corrected chi connectivity index (χ3v) is 4.72. The summed E-state index contributed by atoms with van der Waals surface area (Å²) in [6, 6.07) is 0. The van der Waals surface area contributed by atoms with Gasteiger partial charge in [-0.05, 0) is 30.1 Å². The fourth-order valence-electron chi connectivity index (χ4n) is 3.53. The van der Waals surface area contributed by atoms with E-state index in [1.54, 1.807) is 0 Å². The van der Waals surface area contributed by atoms with Crippen LogP contribution in [0.4, 0.5) is 0 Å². The number of nitrogens with two attached hydrogens (primary N) is 1. The van der Waals surface area contributed by atoms with Crippen molar-refractivity contribution in [3.8, 4) is 0 Å². The Morgan fingerprint density at radius 3 is 2.35 bits per heavy atom. The van der Waals surface area contributed by atoms with Crippen molar-refractivity contribution in [3.05, 3.63) is 12.2 Å². The lowest BCUT2D eigenvalue weighted by molar-refractivity contribution is -0.140. The van der Waals surface area contributed by atoms with Crippen molar-refractivity contribution < 1.29 is 9.59 Å². The van der Waals surface area contributed by atoms with Crippen LogP contribution in [0.2, 0.25) is 0 Å². The molecule has 17 heavy (non-hydrogen) atoms. The topological polar surface area (TPSA) is 63.4 Å². The Morgan fingerprint density at radius 2 is 1.76 bits per heavy atom. The highest BCUT2D eigenvalue weighted by atomic mass is 16.2. The van der Waals surface area contributed by atoms with Gasteiger partial charge in [0.05, 0.1) is 11.8 Å². The van der Waals surface area contributed by atoms with Gasteiger partial charge in [-0.15, -0.1) is 0 Å². The van der Waals surface area contributed by atoms with Crippen LogP contribution in [-0.4, -0.2) is 16.8 Å². The van der Waals surface area contributed by atoms with Crippen molar-refractivity contribution in [3.63, 3.8) is 0 Å². The molecule has 4 nitrogen and oxygen atoms in total. The van der Waals surface area contributed by atoms with Crippen LogP contribution in [0.15, 0.2) is 12.2 Å². The van der Waals surface area contributed by atoms with Gasteiger partial charge in [0.15, 0.2) is 0 Å². The van der Waals surface area contributed by atoms with Gasteiger partial charge < -0.3 is 0 Å². The fraction of sp³-hybridized carbons (Fsp3) is 0.692. The Morgan fingerprint density at radius 1 is 1.18 bits per heavy atom. The van der Waals surface area contributed by atoms with Crippen molar-refractivity contribution in [1.29, 1.82) is 0 Å². The van der Waals surface area contributed by atoms with E-state index in [2.05, 4.69) is 19.1 Å². The molecule has 3 aliphatic rings. The first kappa shape index (κ1) is 11.0. The molecule has 2 unspecified atom stereocenters. The number of carbonyl (C=O) groups is 2. The molecule has 3 rings (SSSR count). The minimum atomic E-state index is -0.227. The molecule has 0 bridgehead atoms. The second-order valence-corrected chi connectivity index (χ2v) is 5.80. The molecule has 1 saturated heterocycles. The third-order valence-electron chi connectivity index (χ3n) is 4.72. The zero-order chi connectivity index (χ0) is 12.3. The summed E-state index contributed by atoms with van der Waals surface area (Å²) in [5.74, 6) is 6.33. The predicted octanol–water partition coefficient (Wildman–Crippen LogP) is 0.939. The molecule has 1 heterocycles. The maximum Gasteiger partial charge on any atom is 0.248 e.